The molecule has 0 atom stereocenters. The number of halogens is 2. The topological polar surface area (TPSA) is 62.6 Å². The number of ether oxygens (including phenoxy) is 2. The molecule has 2 aromatic rings. The van der Waals surface area contributed by atoms with Crippen LogP contribution in [0.15, 0.2) is 42.5 Å². The van der Waals surface area contributed by atoms with Crippen molar-refractivity contribution in [2.24, 2.45) is 0 Å². The number of rotatable bonds is 7. The molecule has 130 valence electrons. The Hall–Kier alpha value is -2.42. The standard InChI is InChI=1S/C18H16Cl2N2O3/c1-22(8-9-24-15-5-3-14(19)4-6-15)18(23)12-25-17-7-2-13(11-21)10-16(17)20/h2-7,10H,8-9,12H2,1H3. The summed E-state index contributed by atoms with van der Waals surface area (Å²) in [5.41, 5.74) is 0.431. The Morgan fingerprint density at radius 3 is 2.52 bits per heavy atom. The molecule has 0 aliphatic carbocycles. The van der Waals surface area contributed by atoms with Gasteiger partial charge in [-0.1, -0.05) is 23.2 Å². The third kappa shape index (κ3) is 5.86. The summed E-state index contributed by atoms with van der Waals surface area (Å²) in [6, 6.07) is 13.6. The summed E-state index contributed by atoms with van der Waals surface area (Å²) < 4.78 is 11.0. The van der Waals surface area contributed by atoms with Crippen LogP contribution >= 0.6 is 23.2 Å². The Morgan fingerprint density at radius 2 is 1.88 bits per heavy atom. The van der Waals surface area contributed by atoms with Crippen LogP contribution in [0.3, 0.4) is 0 Å². The molecule has 0 saturated heterocycles. The predicted octanol–water partition coefficient (Wildman–Crippen LogP) is 3.78. The van der Waals surface area contributed by atoms with Crippen LogP contribution < -0.4 is 9.47 Å². The van der Waals surface area contributed by atoms with Crippen LogP contribution in [0.5, 0.6) is 11.5 Å². The summed E-state index contributed by atoms with van der Waals surface area (Å²) in [4.78, 5) is 13.6. The van der Waals surface area contributed by atoms with Crippen molar-refractivity contribution in [1.82, 2.24) is 4.90 Å². The fourth-order valence-corrected chi connectivity index (χ4v) is 2.25. The van der Waals surface area contributed by atoms with Gasteiger partial charge in [0.05, 0.1) is 23.2 Å². The lowest BCUT2D eigenvalue weighted by Gasteiger charge is -2.18. The van der Waals surface area contributed by atoms with Crippen LogP contribution in [-0.4, -0.2) is 37.6 Å². The minimum absolute atomic E-state index is 0.150. The Balaban J connectivity index is 1.76. The van der Waals surface area contributed by atoms with Crippen LogP contribution in [0.1, 0.15) is 5.56 Å². The van der Waals surface area contributed by atoms with Crippen molar-refractivity contribution in [3.8, 4) is 17.6 Å². The van der Waals surface area contributed by atoms with Gasteiger partial charge in [-0.05, 0) is 42.5 Å². The van der Waals surface area contributed by atoms with Gasteiger partial charge in [0, 0.05) is 12.1 Å². The zero-order chi connectivity index (χ0) is 18.2. The quantitative estimate of drug-likeness (QED) is 0.735. The van der Waals surface area contributed by atoms with Gasteiger partial charge in [0.2, 0.25) is 0 Å². The normalized spacial score (nSPS) is 10.0. The van der Waals surface area contributed by atoms with Crippen molar-refractivity contribution < 1.29 is 14.3 Å². The van der Waals surface area contributed by atoms with Crippen molar-refractivity contribution >= 4 is 29.1 Å². The third-order valence-electron chi connectivity index (χ3n) is 3.35. The molecule has 1 amide bonds. The molecule has 0 aromatic heterocycles. The molecule has 7 heteroatoms. The van der Waals surface area contributed by atoms with E-state index in [4.69, 9.17) is 37.9 Å². The highest BCUT2D eigenvalue weighted by Crippen LogP contribution is 2.25. The molecule has 0 bridgehead atoms. The van der Waals surface area contributed by atoms with Crippen molar-refractivity contribution in [3.63, 3.8) is 0 Å². The second-order valence-electron chi connectivity index (χ2n) is 5.16. The van der Waals surface area contributed by atoms with E-state index < -0.39 is 0 Å². The summed E-state index contributed by atoms with van der Waals surface area (Å²) in [6.45, 7) is 0.608. The summed E-state index contributed by atoms with van der Waals surface area (Å²) in [7, 11) is 1.66. The van der Waals surface area contributed by atoms with Gasteiger partial charge in [-0.3, -0.25) is 4.79 Å². The first-order chi connectivity index (χ1) is 12.0. The minimum atomic E-state index is -0.208. The Kier molecular flexibility index (Phi) is 6.93. The number of amides is 1. The maximum atomic E-state index is 12.1. The smallest absolute Gasteiger partial charge is 0.260 e. The maximum absolute atomic E-state index is 12.1. The van der Waals surface area contributed by atoms with E-state index in [1.54, 1.807) is 43.4 Å². The average molecular weight is 379 g/mol. The molecule has 0 aliphatic heterocycles. The van der Waals surface area contributed by atoms with E-state index >= 15 is 0 Å². The first-order valence-corrected chi connectivity index (χ1v) is 8.20. The van der Waals surface area contributed by atoms with Gasteiger partial charge >= 0.3 is 0 Å². The SMILES string of the molecule is CN(CCOc1ccc(Cl)cc1)C(=O)COc1ccc(C#N)cc1Cl. The summed E-state index contributed by atoms with van der Waals surface area (Å²) in [5, 5.41) is 9.72. The van der Waals surface area contributed by atoms with E-state index in [-0.39, 0.29) is 12.5 Å². The second-order valence-corrected chi connectivity index (χ2v) is 6.01. The molecule has 2 rings (SSSR count). The van der Waals surface area contributed by atoms with E-state index in [1.807, 2.05) is 6.07 Å². The molecule has 0 unspecified atom stereocenters. The number of likely N-dealkylation sites (N-methyl/N-ethyl adjacent to an activating group) is 1. The number of hydrogen-bond donors (Lipinski definition) is 0. The van der Waals surface area contributed by atoms with Gasteiger partial charge in [0.1, 0.15) is 18.1 Å². The molecule has 2 aromatic carbocycles. The Bertz CT molecular complexity index is 773. The zero-order valence-corrected chi connectivity index (χ0v) is 15.0. The van der Waals surface area contributed by atoms with Crippen LogP contribution in [-0.2, 0) is 4.79 Å². The fourth-order valence-electron chi connectivity index (χ4n) is 1.89. The number of nitrogens with zero attached hydrogens (tertiary/aromatic N) is 2. The van der Waals surface area contributed by atoms with Gasteiger partial charge in [-0.25, -0.2) is 0 Å². The highest BCUT2D eigenvalue weighted by Gasteiger charge is 2.11. The van der Waals surface area contributed by atoms with Crippen molar-refractivity contribution in [2.75, 3.05) is 26.8 Å². The van der Waals surface area contributed by atoms with E-state index in [9.17, 15) is 4.79 Å². The Morgan fingerprint density at radius 1 is 1.16 bits per heavy atom. The lowest BCUT2D eigenvalue weighted by atomic mass is 10.2. The minimum Gasteiger partial charge on any atom is -0.492 e. The summed E-state index contributed by atoms with van der Waals surface area (Å²) in [6.07, 6.45) is 0. The Labute approximate surface area is 156 Å². The molecule has 0 heterocycles. The van der Waals surface area contributed by atoms with Gasteiger partial charge < -0.3 is 14.4 Å². The molecule has 0 fully saturated rings. The van der Waals surface area contributed by atoms with E-state index in [0.29, 0.717) is 40.3 Å². The molecular weight excluding hydrogens is 363 g/mol. The van der Waals surface area contributed by atoms with Crippen LogP contribution in [0.4, 0.5) is 0 Å². The van der Waals surface area contributed by atoms with Crippen LogP contribution in [0, 0.1) is 11.3 Å². The number of carbonyl (C=O) groups excluding carboxylic acids is 1. The van der Waals surface area contributed by atoms with Crippen molar-refractivity contribution in [2.45, 2.75) is 0 Å². The van der Waals surface area contributed by atoms with E-state index in [2.05, 4.69) is 0 Å². The number of carbonyl (C=O) groups is 1. The predicted molar refractivity (Wildman–Crippen MR) is 96.2 cm³/mol. The lowest BCUT2D eigenvalue weighted by Crippen LogP contribution is -2.34. The van der Waals surface area contributed by atoms with Crippen molar-refractivity contribution in [3.05, 3.63) is 58.1 Å². The van der Waals surface area contributed by atoms with Crippen LogP contribution in [0.25, 0.3) is 0 Å². The highest BCUT2D eigenvalue weighted by molar-refractivity contribution is 6.32. The molecule has 0 spiro atoms. The van der Waals surface area contributed by atoms with E-state index in [0.717, 1.165) is 0 Å². The molecule has 25 heavy (non-hydrogen) atoms. The molecule has 0 N–H and O–H groups in total. The number of nitriles is 1. The van der Waals surface area contributed by atoms with Gasteiger partial charge in [0.15, 0.2) is 6.61 Å². The second kappa shape index (κ2) is 9.16. The molecule has 0 radical (unpaired) electrons. The lowest BCUT2D eigenvalue weighted by molar-refractivity contribution is -0.132. The van der Waals surface area contributed by atoms with Gasteiger partial charge in [-0.15, -0.1) is 0 Å². The first kappa shape index (κ1) is 18.9. The molecular formula is C18H16Cl2N2O3. The largest absolute Gasteiger partial charge is 0.492 e. The molecule has 0 saturated carbocycles. The average Bonchev–Trinajstić information content (AvgIpc) is 2.61. The van der Waals surface area contributed by atoms with Gasteiger partial charge in [0.25, 0.3) is 5.91 Å². The zero-order valence-electron chi connectivity index (χ0n) is 13.5. The van der Waals surface area contributed by atoms with E-state index in [1.165, 1.54) is 11.0 Å². The summed E-state index contributed by atoms with van der Waals surface area (Å²) >= 11 is 11.8. The molecule has 0 aliphatic rings. The maximum Gasteiger partial charge on any atom is 0.260 e. The fraction of sp³-hybridized carbons (Fsp3) is 0.222. The summed E-state index contributed by atoms with van der Waals surface area (Å²) in [5.74, 6) is 0.839. The third-order valence-corrected chi connectivity index (χ3v) is 3.89. The monoisotopic (exact) mass is 378 g/mol. The van der Waals surface area contributed by atoms with Crippen molar-refractivity contribution in [1.29, 1.82) is 5.26 Å². The van der Waals surface area contributed by atoms with Crippen LogP contribution in [0.2, 0.25) is 10.0 Å². The highest BCUT2D eigenvalue weighted by atomic mass is 35.5. The first-order valence-electron chi connectivity index (χ1n) is 7.44. The van der Waals surface area contributed by atoms with Gasteiger partial charge in [-0.2, -0.15) is 5.26 Å². The number of benzene rings is 2. The molecule has 5 nitrogen and oxygen atoms in total. The number of hydrogen-bond acceptors (Lipinski definition) is 4.